The van der Waals surface area contributed by atoms with Gasteiger partial charge >= 0.3 is 0 Å². The molecular formula is C54H62F3N7O6S. The van der Waals surface area contributed by atoms with Crippen molar-refractivity contribution in [3.8, 4) is 21.9 Å². The van der Waals surface area contributed by atoms with Gasteiger partial charge in [-0.25, -0.2) is 18.2 Å². The van der Waals surface area contributed by atoms with E-state index in [1.807, 2.05) is 88.0 Å². The number of aromatic nitrogens is 3. The molecule has 3 amide bonds. The average molecular weight is 994 g/mol. The smallest absolute Gasteiger partial charge is 0.246 e. The number of hydrogen-bond acceptors (Lipinski definition) is 10. The number of halogens is 3. The number of alkyl halides is 1. The summed E-state index contributed by atoms with van der Waals surface area (Å²) in [5, 5.41) is 17.4. The summed E-state index contributed by atoms with van der Waals surface area (Å²) in [6.07, 6.45) is 1.63. The number of likely N-dealkylation sites (tertiary alicyclic amines) is 1. The van der Waals surface area contributed by atoms with E-state index in [4.69, 9.17) is 9.47 Å². The number of aromatic amines is 1. The summed E-state index contributed by atoms with van der Waals surface area (Å²) >= 11 is 1.56. The quantitative estimate of drug-likeness (QED) is 0.0655. The molecule has 17 heteroatoms. The monoisotopic (exact) mass is 993 g/mol. The van der Waals surface area contributed by atoms with Crippen molar-refractivity contribution in [3.05, 3.63) is 130 Å². The van der Waals surface area contributed by atoms with Crippen LogP contribution >= 0.6 is 11.3 Å². The normalized spacial score (nSPS) is 18.8. The highest BCUT2D eigenvalue weighted by molar-refractivity contribution is 7.13. The topological polar surface area (TPSA) is 162 Å². The SMILES string of the molecule is Cc1ncsc1-c1ccc(CNC(=O)[C@@H]2C[C@@H](O)CN2C(=O)C(NC(=O)CCCOc2ccc(COc3cc(F)c([C@@H]4c5[nH]c6ccccc6c5C[C@@H](C)N4CC(C)(C)F)c(F)c3)nc2)C(C)(C)C)cc1. The van der Waals surface area contributed by atoms with E-state index in [-0.39, 0.29) is 74.9 Å². The molecule has 0 bridgehead atoms. The Labute approximate surface area is 416 Å². The fourth-order valence-corrected chi connectivity index (χ4v) is 10.4. The molecule has 0 aliphatic carbocycles. The fraction of sp³-hybridized carbons (Fsp3) is 0.426. The highest BCUT2D eigenvalue weighted by Gasteiger charge is 2.45. The van der Waals surface area contributed by atoms with Gasteiger partial charge in [0.1, 0.15) is 47.5 Å². The number of hydrogen-bond donors (Lipinski definition) is 4. The van der Waals surface area contributed by atoms with E-state index in [0.717, 1.165) is 50.3 Å². The van der Waals surface area contributed by atoms with Gasteiger partial charge in [-0.1, -0.05) is 63.2 Å². The highest BCUT2D eigenvalue weighted by atomic mass is 32.1. The number of rotatable bonds is 17. The lowest BCUT2D eigenvalue weighted by molar-refractivity contribution is -0.144. The zero-order valence-electron chi connectivity index (χ0n) is 41.2. The fourth-order valence-electron chi connectivity index (χ4n) is 9.58. The summed E-state index contributed by atoms with van der Waals surface area (Å²) in [7, 11) is 0. The first kappa shape index (κ1) is 51.1. The van der Waals surface area contributed by atoms with Crippen LogP contribution in [-0.4, -0.2) is 97.2 Å². The van der Waals surface area contributed by atoms with Crippen LogP contribution in [0.25, 0.3) is 21.3 Å². The molecule has 1 unspecified atom stereocenters. The lowest BCUT2D eigenvalue weighted by atomic mass is 9.85. The van der Waals surface area contributed by atoms with Crippen molar-refractivity contribution in [1.29, 1.82) is 0 Å². The largest absolute Gasteiger partial charge is 0.492 e. The van der Waals surface area contributed by atoms with Crippen molar-refractivity contribution in [2.24, 2.45) is 5.41 Å². The van der Waals surface area contributed by atoms with E-state index in [9.17, 15) is 19.5 Å². The van der Waals surface area contributed by atoms with Gasteiger partial charge in [0.05, 0.1) is 46.7 Å². The molecule has 3 aromatic heterocycles. The first-order chi connectivity index (χ1) is 33.7. The maximum atomic E-state index is 16.2. The zero-order chi connectivity index (χ0) is 50.8. The number of pyridine rings is 1. The third-order valence-corrected chi connectivity index (χ3v) is 14.1. The Bertz CT molecular complexity index is 2840. The summed E-state index contributed by atoms with van der Waals surface area (Å²) < 4.78 is 59.2. The lowest BCUT2D eigenvalue weighted by Gasteiger charge is -2.43. The van der Waals surface area contributed by atoms with Gasteiger partial charge in [0.15, 0.2) is 0 Å². The van der Waals surface area contributed by atoms with Crippen LogP contribution in [0.15, 0.2) is 84.5 Å². The number of thiazole rings is 1. The van der Waals surface area contributed by atoms with Crippen molar-refractivity contribution >= 4 is 40.0 Å². The molecule has 376 valence electrons. The van der Waals surface area contributed by atoms with E-state index < -0.39 is 52.9 Å². The van der Waals surface area contributed by atoms with Crippen LogP contribution in [0, 0.1) is 24.0 Å². The molecule has 0 spiro atoms. The molecule has 5 heterocycles. The Kier molecular flexibility index (Phi) is 15.2. The van der Waals surface area contributed by atoms with Crippen LogP contribution in [0.3, 0.4) is 0 Å². The molecular weight excluding hydrogens is 932 g/mol. The summed E-state index contributed by atoms with van der Waals surface area (Å²) in [4.78, 5) is 57.2. The van der Waals surface area contributed by atoms with Gasteiger partial charge in [0.25, 0.3) is 0 Å². The summed E-state index contributed by atoms with van der Waals surface area (Å²) in [5.41, 5.74) is 5.07. The number of benzene rings is 3. The van der Waals surface area contributed by atoms with Crippen LogP contribution in [0.4, 0.5) is 13.2 Å². The second-order valence-corrected chi connectivity index (χ2v) is 21.2. The third-order valence-electron chi connectivity index (χ3n) is 13.1. The number of para-hydroxylation sites is 1. The first-order valence-corrected chi connectivity index (χ1v) is 24.9. The van der Waals surface area contributed by atoms with Crippen LogP contribution in [0.5, 0.6) is 11.5 Å². The average Bonchev–Trinajstić information content (AvgIpc) is 4.04. The molecule has 4 N–H and O–H groups in total. The number of fused-ring (bicyclic) bond motifs is 3. The van der Waals surface area contributed by atoms with Crippen molar-refractivity contribution in [2.75, 3.05) is 19.7 Å². The summed E-state index contributed by atoms with van der Waals surface area (Å²) in [6.45, 7) is 12.6. The van der Waals surface area contributed by atoms with Crippen molar-refractivity contribution in [2.45, 2.75) is 123 Å². The second-order valence-electron chi connectivity index (χ2n) is 20.4. The molecule has 5 atom stereocenters. The minimum atomic E-state index is -1.62. The molecule has 0 saturated carbocycles. The molecule has 71 heavy (non-hydrogen) atoms. The maximum absolute atomic E-state index is 16.2. The molecule has 1 saturated heterocycles. The zero-order valence-corrected chi connectivity index (χ0v) is 42.0. The van der Waals surface area contributed by atoms with E-state index in [2.05, 4.69) is 25.6 Å². The van der Waals surface area contributed by atoms with Crippen molar-refractivity contribution in [1.82, 2.24) is 35.4 Å². The predicted molar refractivity (Wildman–Crippen MR) is 267 cm³/mol. The van der Waals surface area contributed by atoms with E-state index >= 15 is 13.2 Å². The number of nitrogens with one attached hydrogen (secondary N) is 3. The molecule has 8 rings (SSSR count). The number of carbonyl (C=O) groups excluding carboxylic acids is 3. The van der Waals surface area contributed by atoms with Crippen LogP contribution in [-0.2, 0) is 34.0 Å². The first-order valence-electron chi connectivity index (χ1n) is 24.0. The summed E-state index contributed by atoms with van der Waals surface area (Å²) in [5.74, 6) is -2.43. The molecule has 2 aliphatic heterocycles. The molecule has 6 aromatic rings. The van der Waals surface area contributed by atoms with Gasteiger partial charge in [-0.15, -0.1) is 11.3 Å². The Morgan fingerprint density at radius 2 is 1.70 bits per heavy atom. The van der Waals surface area contributed by atoms with Gasteiger partial charge < -0.3 is 35.1 Å². The van der Waals surface area contributed by atoms with E-state index in [1.165, 1.54) is 24.9 Å². The number of amides is 3. The van der Waals surface area contributed by atoms with Crippen LogP contribution < -0.4 is 20.1 Å². The van der Waals surface area contributed by atoms with Gasteiger partial charge in [0.2, 0.25) is 17.7 Å². The minimum Gasteiger partial charge on any atom is -0.492 e. The minimum absolute atomic E-state index is 0.0304. The lowest BCUT2D eigenvalue weighted by Crippen LogP contribution is -2.57. The molecule has 3 aromatic carbocycles. The molecule has 2 aliphatic rings. The van der Waals surface area contributed by atoms with Gasteiger partial charge in [-0.2, -0.15) is 0 Å². The van der Waals surface area contributed by atoms with Crippen molar-refractivity contribution < 1.29 is 42.1 Å². The number of aliphatic hydroxyl groups excluding tert-OH is 1. The number of nitrogens with zero attached hydrogens (tertiary/aromatic N) is 4. The second kappa shape index (κ2) is 21.2. The number of aryl methyl sites for hydroxylation is 1. The third kappa shape index (κ3) is 11.9. The number of ether oxygens (including phenoxy) is 2. The standard InChI is InChI=1S/C54H62F3N7O6S/c1-31-21-40-39-11-8-9-12-43(39)61-47(40)48(64(31)29-54(6,7)57)46-41(55)23-38(24-42(46)56)70-28-35-18-19-37(26-58-35)69-20-10-13-45(66)62-50(53(3,4)5)52(68)63-27-36(65)22-44(63)51(67)59-25-33-14-16-34(17-15-33)49-32(2)60-30-71-49/h8-9,11-12,14-19,23-24,26,30-31,36,44,48,50,61,65H,10,13,20-22,25,27-29H2,1-7H3,(H,59,67)(H,62,66)/t31-,36-,44+,48-,50?/m1/s1. The maximum Gasteiger partial charge on any atom is 0.246 e. The number of aliphatic hydroxyl groups is 1. The van der Waals surface area contributed by atoms with Gasteiger partial charge in [-0.3, -0.25) is 24.3 Å². The molecule has 13 nitrogen and oxygen atoms in total. The number of β-amino-alcohol motifs (C(OH)–C–C–N with tert-alkyl or cyclic N) is 1. The Hall–Kier alpha value is -6.30. The Balaban J connectivity index is 0.819. The van der Waals surface area contributed by atoms with E-state index in [0.29, 0.717) is 30.0 Å². The summed E-state index contributed by atoms with van der Waals surface area (Å²) in [6, 6.07) is 18.2. The Morgan fingerprint density at radius 1 is 0.972 bits per heavy atom. The predicted octanol–water partition coefficient (Wildman–Crippen LogP) is 8.90. The number of carbonyl (C=O) groups is 3. The highest BCUT2D eigenvalue weighted by Crippen LogP contribution is 2.44. The molecule has 1 fully saturated rings. The van der Waals surface area contributed by atoms with Crippen molar-refractivity contribution in [3.63, 3.8) is 0 Å². The Morgan fingerprint density at radius 3 is 2.37 bits per heavy atom. The van der Waals surface area contributed by atoms with Crippen LogP contribution in [0.1, 0.15) is 101 Å². The van der Waals surface area contributed by atoms with E-state index in [1.54, 1.807) is 29.0 Å². The van der Waals surface area contributed by atoms with Gasteiger partial charge in [-0.05, 0) is 80.8 Å². The van der Waals surface area contributed by atoms with Crippen LogP contribution in [0.2, 0.25) is 0 Å². The number of H-pyrrole nitrogens is 1. The molecule has 0 radical (unpaired) electrons. The van der Waals surface area contributed by atoms with Gasteiger partial charge in [0, 0.05) is 72.8 Å².